The van der Waals surface area contributed by atoms with Gasteiger partial charge in [0.2, 0.25) is 0 Å². The molecule has 2 rings (SSSR count). The molecule has 1 aromatic rings. The van der Waals surface area contributed by atoms with Gasteiger partial charge in [0.05, 0.1) is 0 Å². The fourth-order valence-corrected chi connectivity index (χ4v) is 2.35. The van der Waals surface area contributed by atoms with Crippen LogP contribution in [0.25, 0.3) is 0 Å². The molecule has 1 saturated carbocycles. The molecule has 0 unspecified atom stereocenters. The summed E-state index contributed by atoms with van der Waals surface area (Å²) in [6, 6.07) is 9.60. The van der Waals surface area contributed by atoms with Gasteiger partial charge >= 0.3 is 0 Å². The number of rotatable bonds is 3. The Hall–Kier alpha value is -1.35. The number of carbonyl (C=O) groups excluding carboxylic acids is 1. The summed E-state index contributed by atoms with van der Waals surface area (Å²) in [4.78, 5) is 11.9. The zero-order valence-corrected chi connectivity index (χ0v) is 9.36. The van der Waals surface area contributed by atoms with Crippen LogP contribution in [0.4, 0.5) is 0 Å². The Labute approximate surface area is 96.0 Å². The maximum Gasteiger partial charge on any atom is 0.251 e. The van der Waals surface area contributed by atoms with Gasteiger partial charge in [-0.3, -0.25) is 4.79 Å². The third kappa shape index (κ3) is 2.42. The van der Waals surface area contributed by atoms with E-state index in [4.69, 9.17) is 5.73 Å². The average molecular weight is 218 g/mol. The van der Waals surface area contributed by atoms with Gasteiger partial charge in [-0.05, 0) is 37.4 Å². The van der Waals surface area contributed by atoms with Crippen molar-refractivity contribution in [2.75, 3.05) is 6.54 Å². The Morgan fingerprint density at radius 1 is 1.31 bits per heavy atom. The van der Waals surface area contributed by atoms with Crippen LogP contribution in [0.15, 0.2) is 30.3 Å². The lowest BCUT2D eigenvalue weighted by Crippen LogP contribution is -2.39. The normalized spacial score (nSPS) is 24.3. The third-order valence-electron chi connectivity index (χ3n) is 3.31. The van der Waals surface area contributed by atoms with Gasteiger partial charge in [0.15, 0.2) is 0 Å². The van der Waals surface area contributed by atoms with Crippen molar-refractivity contribution in [1.82, 2.24) is 5.32 Å². The van der Waals surface area contributed by atoms with E-state index in [1.807, 2.05) is 30.3 Å². The monoisotopic (exact) mass is 218 g/mol. The average Bonchev–Trinajstić information content (AvgIpc) is 2.77. The number of hydrogen-bond acceptors (Lipinski definition) is 2. The van der Waals surface area contributed by atoms with E-state index in [-0.39, 0.29) is 11.9 Å². The summed E-state index contributed by atoms with van der Waals surface area (Å²) in [5.74, 6) is 0.471. The molecule has 1 aromatic carbocycles. The molecule has 16 heavy (non-hydrogen) atoms. The third-order valence-corrected chi connectivity index (χ3v) is 3.31. The quantitative estimate of drug-likeness (QED) is 0.808. The molecule has 0 spiro atoms. The van der Waals surface area contributed by atoms with Crippen molar-refractivity contribution in [2.24, 2.45) is 11.7 Å². The Balaban J connectivity index is 1.97. The Kier molecular flexibility index (Phi) is 3.57. The first-order valence-corrected chi connectivity index (χ1v) is 5.87. The van der Waals surface area contributed by atoms with E-state index in [2.05, 4.69) is 5.32 Å². The molecule has 0 radical (unpaired) electrons. The van der Waals surface area contributed by atoms with Gasteiger partial charge in [-0.15, -0.1) is 0 Å². The van der Waals surface area contributed by atoms with Gasteiger partial charge in [0, 0.05) is 11.6 Å². The maximum absolute atomic E-state index is 11.9. The number of benzene rings is 1. The molecular weight excluding hydrogens is 200 g/mol. The predicted octanol–water partition coefficient (Wildman–Crippen LogP) is 1.54. The summed E-state index contributed by atoms with van der Waals surface area (Å²) in [6.45, 7) is 0.666. The molecule has 0 aromatic heterocycles. The van der Waals surface area contributed by atoms with Gasteiger partial charge in [0.1, 0.15) is 0 Å². The van der Waals surface area contributed by atoms with Crippen LogP contribution < -0.4 is 11.1 Å². The minimum atomic E-state index is 0.0194. The van der Waals surface area contributed by atoms with E-state index in [0.29, 0.717) is 12.5 Å². The van der Waals surface area contributed by atoms with Gasteiger partial charge in [-0.2, -0.15) is 0 Å². The molecule has 3 heteroatoms. The van der Waals surface area contributed by atoms with E-state index in [1.165, 1.54) is 6.42 Å². The number of hydrogen-bond donors (Lipinski definition) is 2. The van der Waals surface area contributed by atoms with Gasteiger partial charge in [-0.25, -0.2) is 0 Å². The molecule has 0 bridgehead atoms. The molecule has 0 saturated heterocycles. The minimum absolute atomic E-state index is 0.0194. The van der Waals surface area contributed by atoms with Crippen LogP contribution in [-0.4, -0.2) is 18.5 Å². The molecule has 1 aliphatic carbocycles. The highest BCUT2D eigenvalue weighted by atomic mass is 16.1. The largest absolute Gasteiger partial charge is 0.349 e. The topological polar surface area (TPSA) is 55.1 Å². The van der Waals surface area contributed by atoms with Crippen LogP contribution in [-0.2, 0) is 0 Å². The lowest BCUT2D eigenvalue weighted by Gasteiger charge is -2.19. The highest BCUT2D eigenvalue weighted by Gasteiger charge is 2.27. The van der Waals surface area contributed by atoms with Crippen molar-refractivity contribution >= 4 is 5.91 Å². The lowest BCUT2D eigenvalue weighted by molar-refractivity contribution is 0.0929. The van der Waals surface area contributed by atoms with Crippen molar-refractivity contribution < 1.29 is 4.79 Å². The standard InChI is InChI=1S/C13H18N2O/c14-9-11-7-4-8-12(11)15-13(16)10-5-2-1-3-6-10/h1-3,5-6,11-12H,4,7-9,14H2,(H,15,16)/t11-,12+/m1/s1. The van der Waals surface area contributed by atoms with Crippen LogP contribution in [0.5, 0.6) is 0 Å². The van der Waals surface area contributed by atoms with Crippen molar-refractivity contribution in [2.45, 2.75) is 25.3 Å². The Bertz CT molecular complexity index is 350. The number of carbonyl (C=O) groups is 1. The molecule has 1 amide bonds. The van der Waals surface area contributed by atoms with Crippen LogP contribution in [0.3, 0.4) is 0 Å². The highest BCUT2D eigenvalue weighted by Crippen LogP contribution is 2.24. The first-order valence-electron chi connectivity index (χ1n) is 5.87. The summed E-state index contributed by atoms with van der Waals surface area (Å²) >= 11 is 0. The Morgan fingerprint density at radius 2 is 2.06 bits per heavy atom. The summed E-state index contributed by atoms with van der Waals surface area (Å²) < 4.78 is 0. The minimum Gasteiger partial charge on any atom is -0.349 e. The number of amides is 1. The molecule has 86 valence electrons. The SMILES string of the molecule is NC[C@H]1CCC[C@@H]1NC(=O)c1ccccc1. The number of nitrogens with two attached hydrogens (primary N) is 1. The number of nitrogens with one attached hydrogen (secondary N) is 1. The second-order valence-corrected chi connectivity index (χ2v) is 4.37. The summed E-state index contributed by atoms with van der Waals surface area (Å²) in [7, 11) is 0. The molecule has 0 aliphatic heterocycles. The summed E-state index contributed by atoms with van der Waals surface area (Å²) in [5, 5.41) is 3.08. The van der Waals surface area contributed by atoms with Crippen LogP contribution in [0, 0.1) is 5.92 Å². The molecule has 1 fully saturated rings. The molecule has 0 heterocycles. The van der Waals surface area contributed by atoms with Gasteiger partial charge in [-0.1, -0.05) is 24.6 Å². The molecule has 3 nitrogen and oxygen atoms in total. The van der Waals surface area contributed by atoms with Crippen molar-refractivity contribution in [3.05, 3.63) is 35.9 Å². The smallest absolute Gasteiger partial charge is 0.251 e. The van der Waals surface area contributed by atoms with E-state index < -0.39 is 0 Å². The molecule has 3 N–H and O–H groups in total. The Morgan fingerprint density at radius 3 is 2.75 bits per heavy atom. The second-order valence-electron chi connectivity index (χ2n) is 4.37. The van der Waals surface area contributed by atoms with E-state index in [9.17, 15) is 4.79 Å². The van der Waals surface area contributed by atoms with E-state index in [1.54, 1.807) is 0 Å². The fourth-order valence-electron chi connectivity index (χ4n) is 2.35. The molecule has 1 aliphatic rings. The van der Waals surface area contributed by atoms with Crippen molar-refractivity contribution in [1.29, 1.82) is 0 Å². The van der Waals surface area contributed by atoms with Crippen LogP contribution >= 0.6 is 0 Å². The first-order chi connectivity index (χ1) is 7.81. The second kappa shape index (κ2) is 5.12. The zero-order chi connectivity index (χ0) is 11.4. The fraction of sp³-hybridized carbons (Fsp3) is 0.462. The first kappa shape index (κ1) is 11.1. The van der Waals surface area contributed by atoms with Crippen LogP contribution in [0.2, 0.25) is 0 Å². The lowest BCUT2D eigenvalue weighted by atomic mass is 10.0. The molecular formula is C13H18N2O. The summed E-state index contributed by atoms with van der Waals surface area (Å²) in [5.41, 5.74) is 6.41. The van der Waals surface area contributed by atoms with Crippen molar-refractivity contribution in [3.8, 4) is 0 Å². The molecule has 2 atom stereocenters. The summed E-state index contributed by atoms with van der Waals surface area (Å²) in [6.07, 6.45) is 3.36. The maximum atomic E-state index is 11.9. The van der Waals surface area contributed by atoms with E-state index >= 15 is 0 Å². The van der Waals surface area contributed by atoms with E-state index in [0.717, 1.165) is 18.4 Å². The van der Waals surface area contributed by atoms with Crippen LogP contribution in [0.1, 0.15) is 29.6 Å². The highest BCUT2D eigenvalue weighted by molar-refractivity contribution is 5.94. The zero-order valence-electron chi connectivity index (χ0n) is 9.36. The predicted molar refractivity (Wildman–Crippen MR) is 64.1 cm³/mol. The van der Waals surface area contributed by atoms with Crippen molar-refractivity contribution in [3.63, 3.8) is 0 Å². The van der Waals surface area contributed by atoms with Gasteiger partial charge < -0.3 is 11.1 Å². The van der Waals surface area contributed by atoms with Gasteiger partial charge in [0.25, 0.3) is 5.91 Å².